The van der Waals surface area contributed by atoms with Crippen LogP contribution in [-0.4, -0.2) is 23.8 Å². The van der Waals surface area contributed by atoms with Crippen molar-refractivity contribution < 1.29 is 18.8 Å². The third kappa shape index (κ3) is 7.21. The van der Waals surface area contributed by atoms with Crippen LogP contribution in [0.25, 0.3) is 0 Å². The summed E-state index contributed by atoms with van der Waals surface area (Å²) >= 11 is 0. The maximum Gasteiger partial charge on any atom is 0.240 e. The minimum atomic E-state index is -0.845. The molecule has 6 nitrogen and oxygen atoms in total. The molecule has 0 aliphatic carbocycles. The Labute approximate surface area is 153 Å². The zero-order valence-electron chi connectivity index (χ0n) is 15.5. The van der Waals surface area contributed by atoms with E-state index in [1.165, 1.54) is 12.1 Å². The van der Waals surface area contributed by atoms with Crippen LogP contribution in [-0.2, 0) is 20.8 Å². The van der Waals surface area contributed by atoms with Crippen LogP contribution in [0.2, 0.25) is 0 Å². The Morgan fingerprint density at radius 1 is 1.12 bits per heavy atom. The highest BCUT2D eigenvalue weighted by Crippen LogP contribution is 2.21. The first-order chi connectivity index (χ1) is 12.0. The number of aryl methyl sites for hydroxylation is 1. The van der Waals surface area contributed by atoms with Crippen molar-refractivity contribution >= 4 is 17.7 Å². The average molecular weight is 365 g/mol. The summed E-state index contributed by atoms with van der Waals surface area (Å²) in [5.74, 6) is -2.58. The van der Waals surface area contributed by atoms with Gasteiger partial charge in [0.05, 0.1) is 0 Å². The van der Waals surface area contributed by atoms with Gasteiger partial charge in [-0.05, 0) is 42.4 Å². The van der Waals surface area contributed by atoms with Crippen LogP contribution in [0.1, 0.15) is 45.6 Å². The number of primary amides is 2. The second kappa shape index (κ2) is 9.31. The van der Waals surface area contributed by atoms with Crippen molar-refractivity contribution in [3.05, 3.63) is 35.6 Å². The minimum Gasteiger partial charge on any atom is -0.370 e. The zero-order valence-corrected chi connectivity index (χ0v) is 15.5. The number of benzene rings is 1. The molecule has 0 saturated carbocycles. The largest absolute Gasteiger partial charge is 0.370 e. The molecule has 144 valence electrons. The number of carbonyl (C=O) groups is 3. The number of amides is 3. The van der Waals surface area contributed by atoms with Crippen LogP contribution in [0.5, 0.6) is 0 Å². The maximum absolute atomic E-state index is 12.9. The predicted octanol–water partition coefficient (Wildman–Crippen LogP) is 1.66. The summed E-state index contributed by atoms with van der Waals surface area (Å²) < 4.78 is 12.9. The van der Waals surface area contributed by atoms with E-state index in [-0.39, 0.29) is 12.2 Å². The van der Waals surface area contributed by atoms with Crippen LogP contribution >= 0.6 is 0 Å². The first-order valence-corrected chi connectivity index (χ1v) is 8.63. The third-order valence-corrected chi connectivity index (χ3v) is 4.19. The van der Waals surface area contributed by atoms with E-state index in [4.69, 9.17) is 11.5 Å². The van der Waals surface area contributed by atoms with Gasteiger partial charge < -0.3 is 16.8 Å². The van der Waals surface area contributed by atoms with Gasteiger partial charge in [-0.3, -0.25) is 14.4 Å². The zero-order chi connectivity index (χ0) is 19.9. The van der Waals surface area contributed by atoms with Gasteiger partial charge in [-0.25, -0.2) is 4.39 Å². The molecule has 3 amide bonds. The number of nitrogens with two attached hydrogens (primary N) is 2. The topological polar surface area (TPSA) is 115 Å². The smallest absolute Gasteiger partial charge is 0.240 e. The Morgan fingerprint density at radius 2 is 1.69 bits per heavy atom. The van der Waals surface area contributed by atoms with E-state index in [2.05, 4.69) is 5.32 Å². The fraction of sp³-hybridized carbons (Fsp3) is 0.526. The predicted molar refractivity (Wildman–Crippen MR) is 97.2 cm³/mol. The lowest BCUT2D eigenvalue weighted by atomic mass is 9.85. The van der Waals surface area contributed by atoms with Crippen molar-refractivity contribution in [2.75, 3.05) is 0 Å². The molecule has 5 N–H and O–H groups in total. The molecule has 1 rings (SSSR count). The summed E-state index contributed by atoms with van der Waals surface area (Å²) in [6, 6.07) is 5.28. The summed E-state index contributed by atoms with van der Waals surface area (Å²) in [6.07, 6.45) is 1.57. The fourth-order valence-corrected chi connectivity index (χ4v) is 2.75. The lowest BCUT2D eigenvalue weighted by Crippen LogP contribution is -2.53. The van der Waals surface area contributed by atoms with Crippen LogP contribution in [0.4, 0.5) is 4.39 Å². The van der Waals surface area contributed by atoms with Crippen molar-refractivity contribution in [1.82, 2.24) is 5.32 Å². The Kier molecular flexibility index (Phi) is 7.74. The number of hydrogen-bond acceptors (Lipinski definition) is 3. The van der Waals surface area contributed by atoms with Gasteiger partial charge in [-0.2, -0.15) is 0 Å². The van der Waals surface area contributed by atoms with Crippen molar-refractivity contribution in [3.8, 4) is 0 Å². The number of hydrogen-bond donors (Lipinski definition) is 3. The van der Waals surface area contributed by atoms with Crippen LogP contribution in [0, 0.1) is 17.2 Å². The molecular formula is C19H28FN3O3. The van der Waals surface area contributed by atoms with E-state index in [9.17, 15) is 18.8 Å². The van der Waals surface area contributed by atoms with Gasteiger partial charge in [-0.1, -0.05) is 32.9 Å². The van der Waals surface area contributed by atoms with E-state index in [0.717, 1.165) is 5.56 Å². The third-order valence-electron chi connectivity index (χ3n) is 4.19. The molecular weight excluding hydrogens is 337 g/mol. The second-order valence-electron chi connectivity index (χ2n) is 7.60. The van der Waals surface area contributed by atoms with Crippen molar-refractivity contribution in [2.45, 2.75) is 52.5 Å². The second-order valence-corrected chi connectivity index (χ2v) is 7.60. The SMILES string of the molecule is CC(C)(C)[C@H](NC(=O)[C@H](CCCc1ccc(F)cc1)CC(N)=O)C(N)=O. The quantitative estimate of drug-likeness (QED) is 0.618. The molecule has 26 heavy (non-hydrogen) atoms. The number of rotatable bonds is 9. The summed E-state index contributed by atoms with van der Waals surface area (Å²) in [7, 11) is 0. The Bertz CT molecular complexity index is 638. The Morgan fingerprint density at radius 3 is 2.15 bits per heavy atom. The van der Waals surface area contributed by atoms with E-state index >= 15 is 0 Å². The summed E-state index contributed by atoms with van der Waals surface area (Å²) in [5.41, 5.74) is 11.0. The van der Waals surface area contributed by atoms with Gasteiger partial charge in [0.25, 0.3) is 0 Å². The Balaban J connectivity index is 2.72. The highest BCUT2D eigenvalue weighted by atomic mass is 19.1. The lowest BCUT2D eigenvalue weighted by molar-refractivity contribution is -0.133. The molecule has 0 aliphatic rings. The number of nitrogens with one attached hydrogen (secondary N) is 1. The summed E-state index contributed by atoms with van der Waals surface area (Å²) in [6.45, 7) is 5.38. The molecule has 0 unspecified atom stereocenters. The highest BCUT2D eigenvalue weighted by molar-refractivity contribution is 5.90. The van der Waals surface area contributed by atoms with E-state index in [0.29, 0.717) is 19.3 Å². The minimum absolute atomic E-state index is 0.106. The first kappa shape index (κ1) is 21.6. The molecule has 0 fully saturated rings. The van der Waals surface area contributed by atoms with Crippen molar-refractivity contribution in [2.24, 2.45) is 22.8 Å². The van der Waals surface area contributed by atoms with Crippen molar-refractivity contribution in [3.63, 3.8) is 0 Å². The molecule has 7 heteroatoms. The molecule has 1 aromatic rings. The molecule has 0 aromatic heterocycles. The normalized spacial score (nSPS) is 13.7. The highest BCUT2D eigenvalue weighted by Gasteiger charge is 2.33. The lowest BCUT2D eigenvalue weighted by Gasteiger charge is -2.30. The summed E-state index contributed by atoms with van der Waals surface area (Å²) in [5, 5.41) is 2.65. The molecule has 1 aromatic carbocycles. The van der Waals surface area contributed by atoms with Crippen LogP contribution in [0.15, 0.2) is 24.3 Å². The van der Waals surface area contributed by atoms with E-state index < -0.39 is 35.1 Å². The van der Waals surface area contributed by atoms with Gasteiger partial charge in [-0.15, -0.1) is 0 Å². The van der Waals surface area contributed by atoms with Crippen molar-refractivity contribution in [1.29, 1.82) is 0 Å². The van der Waals surface area contributed by atoms with Gasteiger partial charge in [0.15, 0.2) is 0 Å². The monoisotopic (exact) mass is 365 g/mol. The van der Waals surface area contributed by atoms with Gasteiger partial charge in [0.1, 0.15) is 11.9 Å². The first-order valence-electron chi connectivity index (χ1n) is 8.63. The van der Waals surface area contributed by atoms with Crippen LogP contribution in [0.3, 0.4) is 0 Å². The Hall–Kier alpha value is -2.44. The maximum atomic E-state index is 12.9. The van der Waals surface area contributed by atoms with Gasteiger partial charge >= 0.3 is 0 Å². The van der Waals surface area contributed by atoms with E-state index in [1.54, 1.807) is 32.9 Å². The van der Waals surface area contributed by atoms with Gasteiger partial charge in [0, 0.05) is 12.3 Å². The molecule has 0 spiro atoms. The molecule has 2 atom stereocenters. The summed E-state index contributed by atoms with van der Waals surface area (Å²) in [4.78, 5) is 35.5. The molecule has 0 radical (unpaired) electrons. The number of carbonyl (C=O) groups excluding carboxylic acids is 3. The fourth-order valence-electron chi connectivity index (χ4n) is 2.75. The van der Waals surface area contributed by atoms with Gasteiger partial charge in [0.2, 0.25) is 17.7 Å². The molecule has 0 saturated heterocycles. The van der Waals surface area contributed by atoms with E-state index in [1.807, 2.05) is 0 Å². The molecule has 0 bridgehead atoms. The average Bonchev–Trinajstić information content (AvgIpc) is 2.51. The standard InChI is InChI=1S/C19H28FN3O3/c1-19(2,3)16(17(22)25)23-18(26)13(11-15(21)24)6-4-5-12-7-9-14(20)10-8-12/h7-10,13,16H,4-6,11H2,1-3H3,(H2,21,24)(H2,22,25)(H,23,26)/t13-,16-/m1/s1. The van der Waals surface area contributed by atoms with Crippen LogP contribution < -0.4 is 16.8 Å². The molecule has 0 aliphatic heterocycles. The number of halogens is 1. The molecule has 0 heterocycles.